The van der Waals surface area contributed by atoms with Crippen molar-refractivity contribution in [2.75, 3.05) is 73.1 Å². The van der Waals surface area contributed by atoms with Crippen molar-refractivity contribution >= 4 is 116 Å². The molecule has 8 aliphatic rings. The van der Waals surface area contributed by atoms with Gasteiger partial charge in [-0.05, 0) is 96.5 Å². The summed E-state index contributed by atoms with van der Waals surface area (Å²) in [6.07, 6.45) is 23.5. The molecule has 140 heavy (non-hydrogen) atoms. The lowest BCUT2D eigenvalue weighted by Gasteiger charge is -2.45. The fourth-order valence-electron chi connectivity index (χ4n) is 18.7. The van der Waals surface area contributed by atoms with Crippen molar-refractivity contribution in [3.8, 4) is 46.0 Å². The van der Waals surface area contributed by atoms with Crippen LogP contribution >= 0.6 is 92.8 Å². The highest BCUT2D eigenvalue weighted by molar-refractivity contribution is 6.44. The Bertz CT molecular complexity index is 6330. The molecular weight excluding hydrogens is 1960 g/mol. The first kappa shape index (κ1) is 97.9. The maximum Gasteiger partial charge on any atom is 0.278 e. The predicted octanol–water partition coefficient (Wildman–Crippen LogP) is 18.9. The number of benzene rings is 8. The number of rotatable bonds is 8. The molecule has 0 fully saturated rings. The van der Waals surface area contributed by atoms with Crippen LogP contribution in [0.25, 0.3) is 0 Å². The summed E-state index contributed by atoms with van der Waals surface area (Å²) in [7, 11) is 0. The summed E-state index contributed by atoms with van der Waals surface area (Å²) in [4.78, 5) is 110. The predicted molar refractivity (Wildman–Crippen MR) is 540 cm³/mol. The molecule has 0 radical (unpaired) electrons. The Morgan fingerprint density at radius 3 is 0.650 bits per heavy atom. The van der Waals surface area contributed by atoms with Crippen molar-refractivity contribution in [2.24, 2.45) is 0 Å². The lowest BCUT2D eigenvalue weighted by atomic mass is 9.96. The van der Waals surface area contributed by atoms with E-state index in [4.69, 9.17) is 112 Å². The smallest absolute Gasteiger partial charge is 0.278 e. The molecule has 0 saturated heterocycles. The van der Waals surface area contributed by atoms with E-state index in [9.17, 15) is 58.8 Å². The first-order valence-electron chi connectivity index (χ1n) is 45.1. The number of pyridine rings is 4. The van der Waals surface area contributed by atoms with Crippen molar-refractivity contribution in [1.82, 2.24) is 38.3 Å². The third kappa shape index (κ3) is 18.7. The fourth-order valence-corrected chi connectivity index (χ4v) is 20.2. The maximum atomic E-state index is 13.6. The summed E-state index contributed by atoms with van der Waals surface area (Å²) in [6, 6.07) is 54.9. The van der Waals surface area contributed by atoms with E-state index in [2.05, 4.69) is 0 Å². The Morgan fingerprint density at radius 2 is 0.464 bits per heavy atom. The average Bonchev–Trinajstić information content (AvgIpc) is 0.958. The minimum atomic E-state index is -0.617. The molecule has 0 aliphatic carbocycles. The molecule has 8 bridgehead atoms. The van der Waals surface area contributed by atoms with Crippen LogP contribution in [-0.2, 0) is 0 Å². The second-order valence-electron chi connectivity index (χ2n) is 33.5. The van der Waals surface area contributed by atoms with Gasteiger partial charge in [0.1, 0.15) is 120 Å². The molecule has 8 aromatic carbocycles. The second kappa shape index (κ2) is 42.2. The van der Waals surface area contributed by atoms with Gasteiger partial charge in [-0.1, -0.05) is 290 Å². The third-order valence-electron chi connectivity index (χ3n) is 25.5. The van der Waals surface area contributed by atoms with Crippen LogP contribution in [0.2, 0.25) is 40.2 Å². The summed E-state index contributed by atoms with van der Waals surface area (Å²) in [6.45, 7) is 9.55. The Kier molecular flexibility index (Phi) is 29.5. The topological polar surface area (TPSA) is 300 Å². The Morgan fingerprint density at radius 1 is 0.271 bits per heavy atom. The van der Waals surface area contributed by atoms with E-state index in [0.717, 1.165) is 44.5 Å². The van der Waals surface area contributed by atoms with Crippen molar-refractivity contribution in [1.29, 1.82) is 0 Å². The zero-order valence-electron chi connectivity index (χ0n) is 75.6. The molecule has 0 unspecified atom stereocenters. The molecule has 28 nitrogen and oxygen atoms in total. The zero-order valence-corrected chi connectivity index (χ0v) is 81.6. The molecule has 20 rings (SSSR count). The first-order valence-corrected chi connectivity index (χ1v) is 48.1. The highest BCUT2D eigenvalue weighted by atomic mass is 35.5. The van der Waals surface area contributed by atoms with Gasteiger partial charge in [-0.3, -0.25) is 77.1 Å². The Labute approximate surface area is 843 Å². The van der Waals surface area contributed by atoms with E-state index >= 15 is 0 Å². The van der Waals surface area contributed by atoms with Crippen LogP contribution in [0.1, 0.15) is 164 Å². The standard InChI is InChI=1S/4C26H23Cl2N3O4/c4*1-2-17-9-6-14-35-25-18(10-11-19(27)21(25)28)22(16-7-4-3-5-8-16)31-15-29(17)26(34)23-24(33)20(32)12-13-30(23)31/h4*3-13,17,22,33H,2,14-15H2,1H3/b4*9-6+/t17-,22+;3*17-,22-/m1110/s1. The van der Waals surface area contributed by atoms with Crippen LogP contribution in [0.4, 0.5) is 0 Å². The van der Waals surface area contributed by atoms with Gasteiger partial charge >= 0.3 is 0 Å². The van der Waals surface area contributed by atoms with Crippen molar-refractivity contribution in [3.05, 3.63) is 416 Å². The number of aromatic hydroxyl groups is 4. The van der Waals surface area contributed by atoms with Crippen LogP contribution in [0.15, 0.2) is 287 Å². The van der Waals surface area contributed by atoms with Gasteiger partial charge < -0.3 is 59.0 Å². The van der Waals surface area contributed by atoms with Gasteiger partial charge in [0, 0.05) is 71.3 Å². The number of fused-ring (bicyclic) bond motifs is 20. The van der Waals surface area contributed by atoms with Gasteiger partial charge in [-0.2, -0.15) is 0 Å². The molecule has 36 heteroatoms. The van der Waals surface area contributed by atoms with E-state index in [-0.39, 0.29) is 120 Å². The lowest BCUT2D eigenvalue weighted by molar-refractivity contribution is 0.0618. The normalized spacial score (nSPS) is 20.4. The van der Waals surface area contributed by atoms with E-state index in [0.29, 0.717) is 68.8 Å². The van der Waals surface area contributed by atoms with Crippen molar-refractivity contribution in [3.63, 3.8) is 0 Å². The number of nitrogens with zero attached hydrogens (tertiary/aromatic N) is 12. The number of halogens is 8. The minimum absolute atomic E-state index is 0.0849. The maximum absolute atomic E-state index is 13.6. The largest absolute Gasteiger partial charge is 0.502 e. The molecule has 0 spiro atoms. The average molecular weight is 2050 g/mol. The van der Waals surface area contributed by atoms with Gasteiger partial charge in [0.2, 0.25) is 21.7 Å². The summed E-state index contributed by atoms with van der Waals surface area (Å²) < 4.78 is 30.8. The highest BCUT2D eigenvalue weighted by Crippen LogP contribution is 2.50. The van der Waals surface area contributed by atoms with Crippen LogP contribution in [-0.4, -0.2) is 160 Å². The van der Waals surface area contributed by atoms with Gasteiger partial charge in [0.15, 0.2) is 45.8 Å². The molecule has 12 aromatic rings. The molecule has 4 amide bonds. The van der Waals surface area contributed by atoms with Crippen LogP contribution in [0.3, 0.4) is 0 Å². The highest BCUT2D eigenvalue weighted by Gasteiger charge is 2.46. The van der Waals surface area contributed by atoms with E-state index in [1.165, 1.54) is 49.1 Å². The molecule has 720 valence electrons. The molecule has 8 atom stereocenters. The number of carbonyl (C=O) groups is 4. The first-order chi connectivity index (χ1) is 67.7. The van der Waals surface area contributed by atoms with E-state index < -0.39 is 92.5 Å². The van der Waals surface area contributed by atoms with E-state index in [1.807, 2.05) is 242 Å². The number of aromatic nitrogens is 4. The fraction of sp³-hybridized carbons (Fsp3) is 0.231. The molecular formula is C104H92Cl8N12O16. The lowest BCUT2D eigenvalue weighted by Crippen LogP contribution is -2.57. The minimum Gasteiger partial charge on any atom is -0.502 e. The molecule has 0 saturated carbocycles. The summed E-state index contributed by atoms with van der Waals surface area (Å²) in [5.41, 5.74) is 3.70. The van der Waals surface area contributed by atoms with Crippen LogP contribution in [0.5, 0.6) is 46.0 Å². The van der Waals surface area contributed by atoms with Crippen molar-refractivity contribution in [2.45, 2.75) is 102 Å². The summed E-state index contributed by atoms with van der Waals surface area (Å²) in [5, 5.41) is 53.1. The monoisotopic (exact) mass is 2040 g/mol. The van der Waals surface area contributed by atoms with Crippen LogP contribution < -0.4 is 60.7 Å². The van der Waals surface area contributed by atoms with E-state index in [1.54, 1.807) is 62.6 Å². The van der Waals surface area contributed by atoms with Gasteiger partial charge in [-0.25, -0.2) is 0 Å². The summed E-state index contributed by atoms with van der Waals surface area (Å²) in [5.74, 6) is -2.29. The Balaban J connectivity index is 0.000000129. The molecule has 4 N–H and O–H groups in total. The van der Waals surface area contributed by atoms with Gasteiger partial charge in [0.05, 0.1) is 44.3 Å². The Hall–Kier alpha value is -13.7. The number of ether oxygens (including phenoxy) is 4. The van der Waals surface area contributed by atoms with Gasteiger partial charge in [-0.15, -0.1) is 0 Å². The number of hydrogen-bond donors (Lipinski definition) is 4. The molecule has 8 aliphatic heterocycles. The quantitative estimate of drug-likeness (QED) is 0.103. The third-order valence-corrected chi connectivity index (χ3v) is 28.7. The molecule has 12 heterocycles. The van der Waals surface area contributed by atoms with Crippen molar-refractivity contribution < 1.29 is 58.6 Å². The number of carbonyl (C=O) groups excluding carboxylic acids is 4. The van der Waals surface area contributed by atoms with Crippen LogP contribution in [0, 0.1) is 0 Å². The summed E-state index contributed by atoms with van der Waals surface area (Å²) >= 11 is 52.0. The number of amides is 4. The zero-order chi connectivity index (χ0) is 98.8. The van der Waals surface area contributed by atoms with Gasteiger partial charge in [0.25, 0.3) is 23.6 Å². The second-order valence-corrected chi connectivity index (χ2v) is 36.7. The number of hydrogen-bond acceptors (Lipinski definition) is 20. The molecule has 4 aromatic heterocycles. The SMILES string of the molecule is CC[C@@H]1/C=C/COc2c(ccc(Cl)c2Cl)[C@@H](c2ccccc2)N2CN1C(=O)c1c(O)c(=O)ccn12.CC[C@@H]1/C=C/COc2c(ccc(Cl)c2Cl)[C@@H](c2ccccc2)N2CN1C(=O)c1c(O)c(=O)ccn12.CC[C@@H]1/C=C/COc2c(ccc(Cl)c2Cl)[C@H](c2ccccc2)N2CN1C(=O)c1c(O)c(=O)ccn12.CC[C@H]1/C=C/COc2c(ccc(Cl)c2Cl)[C@H](c2ccccc2)N2CN1C(=O)c1c(O)c(=O)ccn12.